The van der Waals surface area contributed by atoms with Gasteiger partial charge in [-0.25, -0.2) is 5.84 Å². The van der Waals surface area contributed by atoms with Crippen LogP contribution in [0.5, 0.6) is 0 Å². The van der Waals surface area contributed by atoms with Gasteiger partial charge in [-0.1, -0.05) is 17.7 Å². The molecule has 7 heteroatoms. The first-order valence-corrected chi connectivity index (χ1v) is 8.37. The van der Waals surface area contributed by atoms with Crippen molar-refractivity contribution in [3.05, 3.63) is 46.2 Å². The highest BCUT2D eigenvalue weighted by Crippen LogP contribution is 2.37. The average Bonchev–Trinajstić information content (AvgIpc) is 2.54. The highest BCUT2D eigenvalue weighted by Gasteiger charge is 2.39. The van der Waals surface area contributed by atoms with Gasteiger partial charge in [0.2, 0.25) is 0 Å². The zero-order chi connectivity index (χ0) is 17.7. The Morgan fingerprint density at radius 1 is 1.58 bits per heavy atom. The van der Waals surface area contributed by atoms with Crippen LogP contribution in [0.4, 0.5) is 0 Å². The van der Waals surface area contributed by atoms with Gasteiger partial charge in [0.25, 0.3) is 0 Å². The van der Waals surface area contributed by atoms with Crippen LogP contribution >= 0.6 is 11.6 Å². The van der Waals surface area contributed by atoms with E-state index in [1.807, 2.05) is 25.2 Å². The van der Waals surface area contributed by atoms with E-state index in [9.17, 15) is 4.79 Å². The third kappa shape index (κ3) is 4.08. The van der Waals surface area contributed by atoms with E-state index in [1.165, 1.54) is 5.01 Å². The van der Waals surface area contributed by atoms with Crippen LogP contribution in [0.2, 0.25) is 5.02 Å². The Morgan fingerprint density at radius 3 is 2.96 bits per heavy atom. The summed E-state index contributed by atoms with van der Waals surface area (Å²) in [6.45, 7) is 1.36. The van der Waals surface area contributed by atoms with Crippen LogP contribution in [-0.2, 0) is 16.8 Å². The zero-order valence-electron chi connectivity index (χ0n) is 14.2. The number of benzene rings is 1. The van der Waals surface area contributed by atoms with Crippen LogP contribution in [0.1, 0.15) is 24.0 Å². The molecule has 1 aliphatic heterocycles. The van der Waals surface area contributed by atoms with Crippen molar-refractivity contribution in [2.75, 3.05) is 20.6 Å². The maximum absolute atomic E-state index is 12.1. The summed E-state index contributed by atoms with van der Waals surface area (Å²) in [7, 11) is 3.59. The minimum Gasteiger partial charge on any atom is -0.400 e. The molecule has 2 atom stereocenters. The number of carbonyl (C=O) groups is 1. The quantitative estimate of drug-likeness (QED) is 0.345. The number of halogens is 1. The number of hydrogen-bond donors (Lipinski definition) is 4. The summed E-state index contributed by atoms with van der Waals surface area (Å²) in [6.07, 6.45) is 4.04. The second-order valence-electron chi connectivity index (χ2n) is 6.36. The highest BCUT2D eigenvalue weighted by atomic mass is 35.5. The molecule has 0 bridgehead atoms. The Morgan fingerprint density at radius 2 is 2.33 bits per heavy atom. The van der Waals surface area contributed by atoms with E-state index in [-0.39, 0.29) is 6.04 Å². The summed E-state index contributed by atoms with van der Waals surface area (Å²) in [6, 6.07) is 5.61. The highest BCUT2D eigenvalue weighted by molar-refractivity contribution is 6.30. The molecule has 1 heterocycles. The van der Waals surface area contributed by atoms with E-state index >= 15 is 0 Å². The van der Waals surface area contributed by atoms with Gasteiger partial charge in [-0.15, -0.1) is 0 Å². The molecule has 6 nitrogen and oxygen atoms in total. The maximum Gasteiger partial charge on any atom is 0.130 e. The van der Waals surface area contributed by atoms with Gasteiger partial charge in [0, 0.05) is 36.6 Å². The van der Waals surface area contributed by atoms with Gasteiger partial charge in [-0.2, -0.15) is 0 Å². The fourth-order valence-electron chi connectivity index (χ4n) is 3.37. The minimum absolute atomic E-state index is 0.104. The van der Waals surface area contributed by atoms with Gasteiger partial charge < -0.3 is 26.2 Å². The number of piperidine rings is 1. The Kier molecular flexibility index (Phi) is 6.23. The monoisotopic (exact) mass is 351 g/mol. The molecule has 1 fully saturated rings. The molecule has 24 heavy (non-hydrogen) atoms. The van der Waals surface area contributed by atoms with Gasteiger partial charge in [0.15, 0.2) is 0 Å². The molecule has 0 amide bonds. The first kappa shape index (κ1) is 18.7. The molecule has 132 valence electrons. The van der Waals surface area contributed by atoms with Crippen LogP contribution in [0, 0.1) is 0 Å². The predicted octanol–water partition coefficient (Wildman–Crippen LogP) is 0.854. The van der Waals surface area contributed by atoms with Crippen molar-refractivity contribution >= 4 is 17.9 Å². The molecule has 1 aromatic rings. The van der Waals surface area contributed by atoms with E-state index in [2.05, 4.69) is 10.6 Å². The molecule has 1 aliphatic rings. The largest absolute Gasteiger partial charge is 0.400 e. The summed E-state index contributed by atoms with van der Waals surface area (Å²) < 4.78 is 0. The molecule has 2 rings (SSSR count). The lowest BCUT2D eigenvalue weighted by Crippen LogP contribution is -2.50. The van der Waals surface area contributed by atoms with Gasteiger partial charge in [0.05, 0.1) is 5.41 Å². The lowest BCUT2D eigenvalue weighted by Gasteiger charge is -2.39. The topological polar surface area (TPSA) is 96.4 Å². The molecule has 0 spiro atoms. The van der Waals surface area contributed by atoms with Gasteiger partial charge >= 0.3 is 0 Å². The van der Waals surface area contributed by atoms with Crippen molar-refractivity contribution in [3.8, 4) is 0 Å². The minimum atomic E-state index is -0.585. The van der Waals surface area contributed by atoms with E-state index in [0.717, 1.165) is 23.8 Å². The molecule has 6 N–H and O–H groups in total. The van der Waals surface area contributed by atoms with Crippen molar-refractivity contribution in [2.45, 2.75) is 30.8 Å². The fourth-order valence-corrected chi connectivity index (χ4v) is 3.56. The number of hydrogen-bond acceptors (Lipinski definition) is 6. The van der Waals surface area contributed by atoms with E-state index in [1.54, 1.807) is 13.2 Å². The SMILES string of the molecule is CNCc1cc(Cl)ccc1C1(C=O)CCN[C@H](/C(N)=C/N(C)N)C1. The van der Waals surface area contributed by atoms with Crippen molar-refractivity contribution in [2.24, 2.45) is 11.6 Å². The number of nitrogens with one attached hydrogen (secondary N) is 2. The smallest absolute Gasteiger partial charge is 0.130 e. The van der Waals surface area contributed by atoms with Crippen LogP contribution in [0.25, 0.3) is 0 Å². The first-order valence-electron chi connectivity index (χ1n) is 8.00. The summed E-state index contributed by atoms with van der Waals surface area (Å²) in [5.41, 5.74) is 8.24. The Hall–Kier alpha value is -1.60. The van der Waals surface area contributed by atoms with Gasteiger partial charge in [0.1, 0.15) is 6.29 Å². The van der Waals surface area contributed by atoms with E-state index in [4.69, 9.17) is 23.2 Å². The molecule has 1 aromatic carbocycles. The number of hydrazine groups is 1. The third-order valence-electron chi connectivity index (χ3n) is 4.48. The Balaban J connectivity index is 2.40. The maximum atomic E-state index is 12.1. The summed E-state index contributed by atoms with van der Waals surface area (Å²) in [5.74, 6) is 5.65. The van der Waals surface area contributed by atoms with Crippen molar-refractivity contribution < 1.29 is 4.79 Å². The standard InChI is InChI=1S/C17H26ClN5O/c1-21-9-12-7-13(18)3-4-14(12)17(11-24)5-6-22-16(8-17)15(19)10-23(2)20/h3-4,7,10-11,16,21-22H,5-6,8-9,19-20H2,1-2H3/b15-10-/t16-,17?/m0/s1. The second kappa shape index (κ2) is 7.98. The van der Waals surface area contributed by atoms with E-state index in [0.29, 0.717) is 30.2 Å². The van der Waals surface area contributed by atoms with Crippen LogP contribution < -0.4 is 22.2 Å². The molecule has 1 saturated heterocycles. The van der Waals surface area contributed by atoms with Crippen LogP contribution in [0.3, 0.4) is 0 Å². The molecular weight excluding hydrogens is 326 g/mol. The molecule has 0 radical (unpaired) electrons. The Bertz CT molecular complexity index is 619. The van der Waals surface area contributed by atoms with Gasteiger partial charge in [-0.3, -0.25) is 0 Å². The zero-order valence-corrected chi connectivity index (χ0v) is 14.9. The number of rotatable bonds is 6. The second-order valence-corrected chi connectivity index (χ2v) is 6.80. The van der Waals surface area contributed by atoms with Gasteiger partial charge in [-0.05, 0) is 49.7 Å². The summed E-state index contributed by atoms with van der Waals surface area (Å²) in [4.78, 5) is 12.1. The number of nitrogens with two attached hydrogens (primary N) is 2. The molecule has 0 aromatic heterocycles. The van der Waals surface area contributed by atoms with E-state index < -0.39 is 5.41 Å². The number of aldehydes is 1. The molecule has 1 unspecified atom stereocenters. The predicted molar refractivity (Wildman–Crippen MR) is 97.2 cm³/mol. The summed E-state index contributed by atoms with van der Waals surface area (Å²) >= 11 is 6.14. The lowest BCUT2D eigenvalue weighted by atomic mass is 9.70. The van der Waals surface area contributed by atoms with Crippen molar-refractivity contribution in [1.29, 1.82) is 0 Å². The van der Waals surface area contributed by atoms with Crippen LogP contribution in [0.15, 0.2) is 30.1 Å². The number of nitrogens with zero attached hydrogens (tertiary/aromatic N) is 1. The number of carbonyl (C=O) groups excluding carboxylic acids is 1. The van der Waals surface area contributed by atoms with Crippen molar-refractivity contribution in [1.82, 2.24) is 15.6 Å². The average molecular weight is 352 g/mol. The third-order valence-corrected chi connectivity index (χ3v) is 4.72. The van der Waals surface area contributed by atoms with Crippen LogP contribution in [-0.4, -0.2) is 38.0 Å². The first-order chi connectivity index (χ1) is 11.4. The summed E-state index contributed by atoms with van der Waals surface area (Å²) in [5, 5.41) is 8.60. The lowest BCUT2D eigenvalue weighted by molar-refractivity contribution is -0.113. The normalized spacial score (nSPS) is 24.7. The molecule has 0 saturated carbocycles. The van der Waals surface area contributed by atoms with Crippen molar-refractivity contribution in [3.63, 3.8) is 0 Å². The Labute approximate surface area is 148 Å². The molecular formula is C17H26ClN5O. The fraction of sp³-hybridized carbons (Fsp3) is 0.471. The molecule has 0 aliphatic carbocycles.